The Morgan fingerprint density at radius 2 is 2.13 bits per heavy atom. The van der Waals surface area contributed by atoms with Gasteiger partial charge in [0.2, 0.25) is 0 Å². The molecule has 0 bridgehead atoms. The molecule has 1 aliphatic heterocycles. The summed E-state index contributed by atoms with van der Waals surface area (Å²) in [5.41, 5.74) is 0. The zero-order valence-corrected chi connectivity index (χ0v) is 11.7. The number of halogens is 1. The van der Waals surface area contributed by atoms with Gasteiger partial charge in [0.15, 0.2) is 9.84 Å². The van der Waals surface area contributed by atoms with Crippen LogP contribution in [0.15, 0.2) is 0 Å². The van der Waals surface area contributed by atoms with Crippen molar-refractivity contribution < 1.29 is 8.42 Å². The second-order valence-electron chi connectivity index (χ2n) is 4.19. The van der Waals surface area contributed by atoms with E-state index in [1.165, 1.54) is 12.8 Å². The first-order chi connectivity index (χ1) is 7.03. The van der Waals surface area contributed by atoms with Crippen LogP contribution in [0.3, 0.4) is 0 Å². The quantitative estimate of drug-likeness (QED) is 0.725. The lowest BCUT2D eigenvalue weighted by Gasteiger charge is -2.29. The minimum atomic E-state index is -2.81. The van der Waals surface area contributed by atoms with Gasteiger partial charge in [0.1, 0.15) is 0 Å². The highest BCUT2D eigenvalue weighted by Crippen LogP contribution is 2.16. The molecule has 15 heavy (non-hydrogen) atoms. The number of piperidine rings is 1. The fraction of sp³-hybridized carbons (Fsp3) is 1.00. The summed E-state index contributed by atoms with van der Waals surface area (Å²) in [5.74, 6) is 0.652. The summed E-state index contributed by atoms with van der Waals surface area (Å²) in [5, 5.41) is 0. The van der Waals surface area contributed by atoms with E-state index in [4.69, 9.17) is 0 Å². The number of rotatable bonds is 5. The molecule has 0 saturated carbocycles. The lowest BCUT2D eigenvalue weighted by molar-refractivity contribution is 0.248. The monoisotopic (exact) mass is 297 g/mol. The second-order valence-corrected chi connectivity index (χ2v) is 7.79. The molecule has 90 valence electrons. The van der Waals surface area contributed by atoms with Crippen molar-refractivity contribution in [2.24, 2.45) is 0 Å². The Hall–Kier alpha value is 0.390. The maximum absolute atomic E-state index is 11.5. The van der Waals surface area contributed by atoms with Crippen molar-refractivity contribution in [2.75, 3.05) is 31.1 Å². The van der Waals surface area contributed by atoms with Crippen LogP contribution in [0, 0.1) is 0 Å². The molecule has 1 fully saturated rings. The first-order valence-corrected chi connectivity index (χ1v) is 8.34. The van der Waals surface area contributed by atoms with E-state index < -0.39 is 9.84 Å². The van der Waals surface area contributed by atoms with Crippen LogP contribution in [0.4, 0.5) is 0 Å². The molecule has 1 aliphatic rings. The van der Waals surface area contributed by atoms with Crippen LogP contribution in [0.25, 0.3) is 0 Å². The number of alkyl halides is 1. The number of hydrogen-bond acceptors (Lipinski definition) is 3. The molecule has 0 aromatic rings. The van der Waals surface area contributed by atoms with Gasteiger partial charge in [0, 0.05) is 23.7 Å². The third kappa shape index (κ3) is 5.31. The van der Waals surface area contributed by atoms with Gasteiger partial charge in [-0.05, 0) is 25.8 Å². The van der Waals surface area contributed by atoms with Crippen molar-refractivity contribution in [3.63, 3.8) is 0 Å². The third-order valence-corrected chi connectivity index (χ3v) is 5.26. The highest BCUT2D eigenvalue weighted by atomic mass is 79.9. The predicted octanol–water partition coefficient (Wildman–Crippen LogP) is 1.67. The Kier molecular flexibility index (Phi) is 5.57. The van der Waals surface area contributed by atoms with E-state index in [9.17, 15) is 8.42 Å². The van der Waals surface area contributed by atoms with Crippen molar-refractivity contribution in [2.45, 2.75) is 31.0 Å². The number of nitrogens with zero attached hydrogens (tertiary/aromatic N) is 1. The average molecular weight is 298 g/mol. The fourth-order valence-electron chi connectivity index (χ4n) is 1.88. The molecule has 0 spiro atoms. The van der Waals surface area contributed by atoms with Gasteiger partial charge in [-0.25, -0.2) is 8.42 Å². The minimum absolute atomic E-state index is 0.320. The average Bonchev–Trinajstić information content (AvgIpc) is 2.15. The number of hydrogen-bond donors (Lipinski definition) is 0. The molecule has 1 atom stereocenters. The summed E-state index contributed by atoms with van der Waals surface area (Å²) in [6, 6.07) is 0. The van der Waals surface area contributed by atoms with Gasteiger partial charge in [0.05, 0.1) is 5.75 Å². The highest BCUT2D eigenvalue weighted by molar-refractivity contribution is 9.09. The molecule has 0 amide bonds. The van der Waals surface area contributed by atoms with Gasteiger partial charge < -0.3 is 4.90 Å². The van der Waals surface area contributed by atoms with Gasteiger partial charge in [-0.1, -0.05) is 22.9 Å². The number of likely N-dealkylation sites (tertiary alicyclic amines) is 1. The smallest absolute Gasteiger partial charge is 0.151 e. The van der Waals surface area contributed by atoms with Gasteiger partial charge in [0.25, 0.3) is 0 Å². The van der Waals surface area contributed by atoms with Crippen molar-refractivity contribution in [1.82, 2.24) is 4.90 Å². The molecule has 0 aromatic carbocycles. The van der Waals surface area contributed by atoms with E-state index in [2.05, 4.69) is 20.8 Å². The maximum Gasteiger partial charge on any atom is 0.151 e. The molecule has 1 unspecified atom stereocenters. The van der Waals surface area contributed by atoms with Crippen molar-refractivity contribution in [1.29, 1.82) is 0 Å². The molecule has 0 aliphatic carbocycles. The lowest BCUT2D eigenvalue weighted by atomic mass is 10.1. The number of sulfone groups is 1. The van der Waals surface area contributed by atoms with E-state index in [1.807, 2.05) is 6.92 Å². The van der Waals surface area contributed by atoms with Gasteiger partial charge in [-0.15, -0.1) is 0 Å². The second kappa shape index (κ2) is 6.21. The van der Waals surface area contributed by atoms with Crippen LogP contribution in [0.5, 0.6) is 0 Å². The topological polar surface area (TPSA) is 37.4 Å². The highest BCUT2D eigenvalue weighted by Gasteiger charge is 2.19. The van der Waals surface area contributed by atoms with E-state index in [1.54, 1.807) is 0 Å². The van der Waals surface area contributed by atoms with Crippen molar-refractivity contribution in [3.8, 4) is 0 Å². The van der Waals surface area contributed by atoms with Gasteiger partial charge in [-0.3, -0.25) is 0 Å². The molecule has 1 rings (SSSR count). The summed E-state index contributed by atoms with van der Waals surface area (Å²) < 4.78 is 23.0. The molecule has 5 heteroatoms. The zero-order valence-electron chi connectivity index (χ0n) is 9.28. The Morgan fingerprint density at radius 1 is 1.40 bits per heavy atom. The van der Waals surface area contributed by atoms with Crippen molar-refractivity contribution >= 4 is 25.8 Å². The molecule has 1 saturated heterocycles. The van der Waals surface area contributed by atoms with E-state index in [-0.39, 0.29) is 0 Å². The molecule has 3 nitrogen and oxygen atoms in total. The first kappa shape index (κ1) is 13.5. The standard InChI is InChI=1S/C10H20BrNO2S/c1-2-7-15(13,14)8-6-12-5-3-4-10(11)9-12/h10H,2-9H2,1H3. The first-order valence-electron chi connectivity index (χ1n) is 5.60. The fourth-order valence-corrected chi connectivity index (χ4v) is 3.98. The van der Waals surface area contributed by atoms with Crippen LogP contribution in [0.1, 0.15) is 26.2 Å². The maximum atomic E-state index is 11.5. The SMILES string of the molecule is CCCS(=O)(=O)CCN1CCCC(Br)C1. The third-order valence-electron chi connectivity index (χ3n) is 2.68. The van der Waals surface area contributed by atoms with Crippen LogP contribution in [-0.2, 0) is 9.84 Å². The lowest BCUT2D eigenvalue weighted by Crippen LogP contribution is -2.38. The van der Waals surface area contributed by atoms with Crippen LogP contribution >= 0.6 is 15.9 Å². The zero-order chi connectivity index (χ0) is 11.3. The van der Waals surface area contributed by atoms with Crippen LogP contribution in [0.2, 0.25) is 0 Å². The Labute approximate surface area is 101 Å². The van der Waals surface area contributed by atoms with E-state index in [0.29, 0.717) is 22.9 Å². The Bertz CT molecular complexity index is 279. The molecule has 0 aromatic heterocycles. The van der Waals surface area contributed by atoms with Gasteiger partial charge >= 0.3 is 0 Å². The molecular formula is C10H20BrNO2S. The summed E-state index contributed by atoms with van der Waals surface area (Å²) in [6.07, 6.45) is 3.10. The summed E-state index contributed by atoms with van der Waals surface area (Å²) in [4.78, 5) is 2.79. The summed E-state index contributed by atoms with van der Waals surface area (Å²) >= 11 is 3.59. The summed E-state index contributed by atoms with van der Waals surface area (Å²) in [7, 11) is -2.81. The van der Waals surface area contributed by atoms with Crippen molar-refractivity contribution in [3.05, 3.63) is 0 Å². The van der Waals surface area contributed by atoms with Crippen LogP contribution < -0.4 is 0 Å². The molecule has 0 N–H and O–H groups in total. The molecule has 1 heterocycles. The predicted molar refractivity (Wildman–Crippen MR) is 67.3 cm³/mol. The molecule has 0 radical (unpaired) electrons. The normalized spacial score (nSPS) is 24.3. The Morgan fingerprint density at radius 3 is 2.73 bits per heavy atom. The summed E-state index contributed by atoms with van der Waals surface area (Å²) in [6.45, 7) is 4.64. The minimum Gasteiger partial charge on any atom is -0.301 e. The van der Waals surface area contributed by atoms with E-state index in [0.717, 1.165) is 19.5 Å². The molecular weight excluding hydrogens is 278 g/mol. The Balaban J connectivity index is 2.30. The van der Waals surface area contributed by atoms with Gasteiger partial charge in [-0.2, -0.15) is 0 Å². The largest absolute Gasteiger partial charge is 0.301 e. The van der Waals surface area contributed by atoms with E-state index >= 15 is 0 Å². The van der Waals surface area contributed by atoms with Crippen LogP contribution in [-0.4, -0.2) is 49.3 Å².